The van der Waals surface area contributed by atoms with Crippen LogP contribution in [-0.4, -0.2) is 10.5 Å². The Morgan fingerprint density at radius 2 is 2.00 bits per heavy atom. The molecule has 1 N–H and O–H groups in total. The van der Waals surface area contributed by atoms with Crippen LogP contribution in [0.5, 0.6) is 0 Å². The Balaban J connectivity index is 1.83. The second-order valence-electron chi connectivity index (χ2n) is 5.57. The smallest absolute Gasteiger partial charge is 0.337 e. The minimum Gasteiger partial charge on any atom is -0.337 e. The second-order valence-corrected chi connectivity index (χ2v) is 6.49. The number of fused-ring (bicyclic) bond motifs is 1. The van der Waals surface area contributed by atoms with E-state index in [1.165, 1.54) is 12.1 Å². The van der Waals surface area contributed by atoms with Crippen molar-refractivity contribution in [3.05, 3.63) is 64.3 Å². The minimum absolute atomic E-state index is 0.0598. The van der Waals surface area contributed by atoms with Gasteiger partial charge in [-0.2, -0.15) is 18.4 Å². The van der Waals surface area contributed by atoms with Gasteiger partial charge in [0.1, 0.15) is 12.6 Å². The molecule has 0 saturated heterocycles. The van der Waals surface area contributed by atoms with Gasteiger partial charge in [-0.05, 0) is 36.4 Å². The molecule has 0 fully saturated rings. The standard InChI is InChI=1S/C18H11BrF3N3O/c19-13-4-5-16-15(7-13)11(8-23)9-25(16)10-17(26)24-14-3-1-2-12(6-14)18(20,21)22/h1-7,9H,10H2,(H,24,26). The van der Waals surface area contributed by atoms with Gasteiger partial charge in [0, 0.05) is 27.3 Å². The van der Waals surface area contributed by atoms with Crippen LogP contribution in [0.15, 0.2) is 53.1 Å². The van der Waals surface area contributed by atoms with Crippen molar-refractivity contribution in [2.24, 2.45) is 0 Å². The van der Waals surface area contributed by atoms with E-state index in [9.17, 15) is 23.2 Å². The summed E-state index contributed by atoms with van der Waals surface area (Å²) >= 11 is 3.33. The predicted molar refractivity (Wildman–Crippen MR) is 94.4 cm³/mol. The molecular formula is C18H11BrF3N3O. The van der Waals surface area contributed by atoms with Gasteiger partial charge in [0.25, 0.3) is 0 Å². The number of aromatic nitrogens is 1. The number of halogens is 4. The van der Waals surface area contributed by atoms with Crippen LogP contribution in [0.25, 0.3) is 10.9 Å². The van der Waals surface area contributed by atoms with E-state index < -0.39 is 17.6 Å². The van der Waals surface area contributed by atoms with Crippen molar-refractivity contribution in [1.29, 1.82) is 5.26 Å². The number of carbonyl (C=O) groups excluding carboxylic acids is 1. The normalized spacial score (nSPS) is 11.3. The first-order valence-electron chi connectivity index (χ1n) is 7.43. The average molecular weight is 422 g/mol. The van der Waals surface area contributed by atoms with Crippen molar-refractivity contribution in [3.8, 4) is 6.07 Å². The third-order valence-corrected chi connectivity index (χ3v) is 4.24. The topological polar surface area (TPSA) is 57.8 Å². The molecule has 0 radical (unpaired) electrons. The second kappa shape index (κ2) is 6.84. The highest BCUT2D eigenvalue weighted by molar-refractivity contribution is 9.10. The molecule has 1 aromatic heterocycles. The Morgan fingerprint density at radius 3 is 2.69 bits per heavy atom. The molecule has 0 aliphatic heterocycles. The summed E-state index contributed by atoms with van der Waals surface area (Å²) in [5.74, 6) is -0.492. The third kappa shape index (κ3) is 3.73. The number of nitrogens with zero attached hydrogens (tertiary/aromatic N) is 2. The third-order valence-electron chi connectivity index (χ3n) is 3.75. The fraction of sp³-hybridized carbons (Fsp3) is 0.111. The molecule has 3 aromatic rings. The van der Waals surface area contributed by atoms with Gasteiger partial charge in [0.05, 0.1) is 11.1 Å². The molecule has 0 atom stereocenters. The molecule has 8 heteroatoms. The molecule has 1 amide bonds. The van der Waals surface area contributed by atoms with Crippen molar-refractivity contribution in [3.63, 3.8) is 0 Å². The fourth-order valence-electron chi connectivity index (χ4n) is 2.62. The lowest BCUT2D eigenvalue weighted by Crippen LogP contribution is -2.18. The molecule has 1 heterocycles. The molecule has 0 saturated carbocycles. The molecule has 0 unspecified atom stereocenters. The van der Waals surface area contributed by atoms with Gasteiger partial charge in [0.2, 0.25) is 5.91 Å². The van der Waals surface area contributed by atoms with E-state index in [0.29, 0.717) is 16.5 Å². The molecule has 26 heavy (non-hydrogen) atoms. The van der Waals surface area contributed by atoms with Crippen LogP contribution in [0.4, 0.5) is 18.9 Å². The van der Waals surface area contributed by atoms with Gasteiger partial charge < -0.3 is 9.88 Å². The molecule has 4 nitrogen and oxygen atoms in total. The Hall–Kier alpha value is -2.79. The van der Waals surface area contributed by atoms with Gasteiger partial charge in [-0.3, -0.25) is 4.79 Å². The first-order chi connectivity index (χ1) is 12.3. The Kier molecular flexibility index (Phi) is 4.74. The summed E-state index contributed by atoms with van der Waals surface area (Å²) in [6.07, 6.45) is -2.94. The number of rotatable bonds is 3. The summed E-state index contributed by atoms with van der Waals surface area (Å²) in [7, 11) is 0. The van der Waals surface area contributed by atoms with E-state index in [0.717, 1.165) is 16.6 Å². The van der Waals surface area contributed by atoms with Crippen LogP contribution < -0.4 is 5.32 Å². The Bertz CT molecular complexity index is 1030. The van der Waals surface area contributed by atoms with E-state index in [1.807, 2.05) is 0 Å². The number of amides is 1. The van der Waals surface area contributed by atoms with Crippen molar-refractivity contribution in [1.82, 2.24) is 4.57 Å². The molecule has 2 aromatic carbocycles. The van der Waals surface area contributed by atoms with Crippen molar-refractivity contribution in [2.45, 2.75) is 12.7 Å². The summed E-state index contributed by atoms with van der Waals surface area (Å²) < 4.78 is 40.6. The van der Waals surface area contributed by atoms with Gasteiger partial charge in [0.15, 0.2) is 0 Å². The molecule has 0 bridgehead atoms. The largest absolute Gasteiger partial charge is 0.416 e. The number of anilines is 1. The van der Waals surface area contributed by atoms with Gasteiger partial charge in [-0.25, -0.2) is 0 Å². The number of benzene rings is 2. The zero-order valence-electron chi connectivity index (χ0n) is 13.1. The van der Waals surface area contributed by atoms with Gasteiger partial charge in [-0.15, -0.1) is 0 Å². The highest BCUT2D eigenvalue weighted by Crippen LogP contribution is 2.30. The monoisotopic (exact) mass is 421 g/mol. The first-order valence-corrected chi connectivity index (χ1v) is 8.23. The SMILES string of the molecule is N#Cc1cn(CC(=O)Nc2cccc(C(F)(F)F)c2)c2ccc(Br)cc12. The summed E-state index contributed by atoms with van der Waals surface area (Å²) in [4.78, 5) is 12.2. The van der Waals surface area contributed by atoms with Crippen LogP contribution in [0.1, 0.15) is 11.1 Å². The van der Waals surface area contributed by atoms with Crippen molar-refractivity contribution >= 4 is 38.4 Å². The van der Waals surface area contributed by atoms with Crippen molar-refractivity contribution < 1.29 is 18.0 Å². The van der Waals surface area contributed by atoms with E-state index >= 15 is 0 Å². The van der Waals surface area contributed by atoms with E-state index in [4.69, 9.17) is 0 Å². The number of nitrogens with one attached hydrogen (secondary N) is 1. The zero-order chi connectivity index (χ0) is 18.9. The van der Waals surface area contributed by atoms with Crippen molar-refractivity contribution in [2.75, 3.05) is 5.32 Å². The number of hydrogen-bond acceptors (Lipinski definition) is 2. The van der Waals surface area contributed by atoms with Crippen LogP contribution in [0, 0.1) is 11.3 Å². The molecule has 0 aliphatic rings. The lowest BCUT2D eigenvalue weighted by Gasteiger charge is -2.10. The summed E-state index contributed by atoms with van der Waals surface area (Å²) in [5.41, 5.74) is 0.319. The summed E-state index contributed by atoms with van der Waals surface area (Å²) in [6, 6.07) is 11.8. The van der Waals surface area contributed by atoms with Crippen LogP contribution in [-0.2, 0) is 17.5 Å². The Morgan fingerprint density at radius 1 is 1.23 bits per heavy atom. The number of carbonyl (C=O) groups is 1. The van der Waals surface area contributed by atoms with Crippen LogP contribution in [0.2, 0.25) is 0 Å². The molecule has 0 spiro atoms. The van der Waals surface area contributed by atoms with Gasteiger partial charge >= 0.3 is 6.18 Å². The van der Waals surface area contributed by atoms with E-state index in [1.54, 1.807) is 29.0 Å². The highest BCUT2D eigenvalue weighted by Gasteiger charge is 2.30. The predicted octanol–water partition coefficient (Wildman–Crippen LogP) is 4.93. The highest BCUT2D eigenvalue weighted by atomic mass is 79.9. The molecular weight excluding hydrogens is 411 g/mol. The average Bonchev–Trinajstić information content (AvgIpc) is 2.91. The lowest BCUT2D eigenvalue weighted by atomic mass is 10.2. The van der Waals surface area contributed by atoms with Crippen LogP contribution >= 0.6 is 15.9 Å². The quantitative estimate of drug-likeness (QED) is 0.651. The lowest BCUT2D eigenvalue weighted by molar-refractivity contribution is -0.137. The van der Waals surface area contributed by atoms with Gasteiger partial charge in [-0.1, -0.05) is 22.0 Å². The number of hydrogen-bond donors (Lipinski definition) is 1. The molecule has 132 valence electrons. The summed E-state index contributed by atoms with van der Waals surface area (Å²) in [5, 5.41) is 12.4. The zero-order valence-corrected chi connectivity index (χ0v) is 14.7. The fourth-order valence-corrected chi connectivity index (χ4v) is 2.98. The number of nitriles is 1. The molecule has 3 rings (SSSR count). The maximum atomic E-state index is 12.7. The Labute approximate surface area is 155 Å². The van der Waals surface area contributed by atoms with Crippen LogP contribution in [0.3, 0.4) is 0 Å². The van der Waals surface area contributed by atoms with E-state index in [-0.39, 0.29) is 12.2 Å². The maximum absolute atomic E-state index is 12.7. The van der Waals surface area contributed by atoms with E-state index in [2.05, 4.69) is 27.3 Å². The first kappa shape index (κ1) is 18.0. The number of alkyl halides is 3. The summed E-state index contributed by atoms with van der Waals surface area (Å²) in [6.45, 7) is -0.129. The minimum atomic E-state index is -4.48. The maximum Gasteiger partial charge on any atom is 0.416 e. The molecule has 0 aliphatic carbocycles.